The maximum Gasteiger partial charge on any atom is 0.417 e. The van der Waals surface area contributed by atoms with Crippen LogP contribution in [-0.4, -0.2) is 25.8 Å². The van der Waals surface area contributed by atoms with Crippen LogP contribution in [0.25, 0.3) is 0 Å². The van der Waals surface area contributed by atoms with Crippen LogP contribution in [0.5, 0.6) is 0 Å². The van der Waals surface area contributed by atoms with Crippen LogP contribution in [0.3, 0.4) is 0 Å². The van der Waals surface area contributed by atoms with Gasteiger partial charge in [-0.05, 0) is 18.2 Å². The summed E-state index contributed by atoms with van der Waals surface area (Å²) in [6.07, 6.45) is -3.34. The van der Waals surface area contributed by atoms with Crippen molar-refractivity contribution in [3.05, 3.63) is 74.9 Å². The van der Waals surface area contributed by atoms with Gasteiger partial charge < -0.3 is 5.32 Å². The maximum absolute atomic E-state index is 13.7. The van der Waals surface area contributed by atoms with Gasteiger partial charge in [0.05, 0.1) is 21.1 Å². The van der Waals surface area contributed by atoms with Crippen molar-refractivity contribution in [1.82, 2.24) is 20.4 Å². The van der Waals surface area contributed by atoms with Gasteiger partial charge in [0.15, 0.2) is 5.82 Å². The van der Waals surface area contributed by atoms with Gasteiger partial charge in [0.2, 0.25) is 11.6 Å². The second-order valence-corrected chi connectivity index (χ2v) is 6.32. The fraction of sp³-hybridized carbons (Fsp3) is 0.0588. The minimum absolute atomic E-state index is 0.337. The summed E-state index contributed by atoms with van der Waals surface area (Å²) in [5.41, 5.74) is 2.00. The van der Waals surface area contributed by atoms with Gasteiger partial charge in [-0.1, -0.05) is 23.7 Å². The Morgan fingerprint density at radius 1 is 1.09 bits per heavy atom. The average Bonchev–Trinajstić information content (AvgIpc) is 2.73. The SMILES string of the molecule is O=C(NNc1ncnc(Nc2ncc(C(F)(F)F)cc2Cl)c1[N+](=O)[O-])c1ccccc1F. The van der Waals surface area contributed by atoms with Crippen molar-refractivity contribution in [3.8, 4) is 0 Å². The number of rotatable bonds is 6. The van der Waals surface area contributed by atoms with E-state index in [1.165, 1.54) is 18.2 Å². The van der Waals surface area contributed by atoms with E-state index in [-0.39, 0.29) is 11.4 Å². The third-order valence-corrected chi connectivity index (χ3v) is 4.11. The number of anilines is 3. The first kappa shape index (κ1) is 22.6. The van der Waals surface area contributed by atoms with Crippen LogP contribution >= 0.6 is 11.6 Å². The predicted molar refractivity (Wildman–Crippen MR) is 104 cm³/mol. The minimum atomic E-state index is -4.69. The Kier molecular flexibility index (Phi) is 6.34. The van der Waals surface area contributed by atoms with E-state index in [9.17, 15) is 32.5 Å². The molecule has 0 aliphatic rings. The summed E-state index contributed by atoms with van der Waals surface area (Å²) in [7, 11) is 0. The van der Waals surface area contributed by atoms with E-state index in [2.05, 4.69) is 31.1 Å². The molecule has 0 saturated carbocycles. The minimum Gasteiger partial charge on any atom is -0.318 e. The highest BCUT2D eigenvalue weighted by atomic mass is 35.5. The fourth-order valence-electron chi connectivity index (χ4n) is 2.36. The Bertz CT molecular complexity index is 1190. The molecular formula is C17H10ClF4N7O3. The fourth-order valence-corrected chi connectivity index (χ4v) is 2.57. The number of amides is 1. The van der Waals surface area contributed by atoms with E-state index in [1.54, 1.807) is 0 Å². The van der Waals surface area contributed by atoms with Crippen LogP contribution in [-0.2, 0) is 6.18 Å². The molecule has 10 nitrogen and oxygen atoms in total. The van der Waals surface area contributed by atoms with Gasteiger partial charge in [-0.15, -0.1) is 0 Å². The molecular weight excluding hydrogens is 462 g/mol. The zero-order valence-electron chi connectivity index (χ0n) is 15.4. The van der Waals surface area contributed by atoms with Crippen molar-refractivity contribution < 1.29 is 27.3 Å². The van der Waals surface area contributed by atoms with Crippen LogP contribution in [0.1, 0.15) is 15.9 Å². The lowest BCUT2D eigenvalue weighted by Crippen LogP contribution is -2.31. The zero-order chi connectivity index (χ0) is 23.5. The molecule has 0 aliphatic heterocycles. The molecule has 0 fully saturated rings. The van der Waals surface area contributed by atoms with Crippen molar-refractivity contribution in [2.75, 3.05) is 10.7 Å². The Labute approximate surface area is 180 Å². The molecule has 0 saturated heterocycles. The number of halogens is 5. The van der Waals surface area contributed by atoms with Crippen LogP contribution < -0.4 is 16.2 Å². The highest BCUT2D eigenvalue weighted by Gasteiger charge is 2.32. The molecule has 0 spiro atoms. The Balaban J connectivity index is 1.86. The molecule has 1 amide bonds. The van der Waals surface area contributed by atoms with Gasteiger partial charge >= 0.3 is 11.9 Å². The topological polar surface area (TPSA) is 135 Å². The number of hydrogen-bond donors (Lipinski definition) is 3. The third kappa shape index (κ3) is 4.97. The third-order valence-electron chi connectivity index (χ3n) is 3.82. The molecule has 32 heavy (non-hydrogen) atoms. The molecule has 0 atom stereocenters. The number of carbonyl (C=O) groups excluding carboxylic acids is 1. The molecule has 0 aliphatic carbocycles. The van der Waals surface area contributed by atoms with Crippen LogP contribution in [0, 0.1) is 15.9 Å². The van der Waals surface area contributed by atoms with E-state index in [0.717, 1.165) is 12.4 Å². The average molecular weight is 472 g/mol. The molecule has 0 radical (unpaired) electrons. The smallest absolute Gasteiger partial charge is 0.318 e. The number of carbonyl (C=O) groups is 1. The highest BCUT2D eigenvalue weighted by Crippen LogP contribution is 2.35. The van der Waals surface area contributed by atoms with E-state index in [1.807, 2.05) is 0 Å². The van der Waals surface area contributed by atoms with Crippen LogP contribution in [0.4, 0.5) is 40.7 Å². The maximum atomic E-state index is 13.7. The first-order chi connectivity index (χ1) is 15.1. The number of nitro groups is 1. The lowest BCUT2D eigenvalue weighted by atomic mass is 10.2. The molecule has 3 N–H and O–H groups in total. The van der Waals surface area contributed by atoms with Gasteiger partial charge in [0.25, 0.3) is 5.91 Å². The van der Waals surface area contributed by atoms with Crippen LogP contribution in [0.15, 0.2) is 42.9 Å². The quantitative estimate of drug-likeness (QED) is 0.278. The number of nitrogens with zero attached hydrogens (tertiary/aromatic N) is 4. The van der Waals surface area contributed by atoms with Gasteiger partial charge in [-0.3, -0.25) is 25.8 Å². The standard InChI is InChI=1S/C17H10ClF4N7O3/c18-10-5-8(17(20,21)22)6-23-13(10)26-14-12(29(31)32)15(25-7-24-14)27-28-16(30)9-3-1-2-4-11(9)19/h1-7H,(H,28,30)(H2,23,24,25,26,27). The molecule has 2 heterocycles. The highest BCUT2D eigenvalue weighted by molar-refractivity contribution is 6.33. The molecule has 0 unspecified atom stereocenters. The summed E-state index contributed by atoms with van der Waals surface area (Å²) >= 11 is 5.80. The van der Waals surface area contributed by atoms with E-state index in [0.29, 0.717) is 12.3 Å². The van der Waals surface area contributed by atoms with Crippen molar-refractivity contribution in [2.45, 2.75) is 6.18 Å². The number of aromatic nitrogens is 3. The van der Waals surface area contributed by atoms with Crippen molar-refractivity contribution in [2.24, 2.45) is 0 Å². The summed E-state index contributed by atoms with van der Waals surface area (Å²) in [5.74, 6) is -3.10. The molecule has 3 aromatic rings. The summed E-state index contributed by atoms with van der Waals surface area (Å²) in [4.78, 5) is 33.5. The molecule has 3 rings (SSSR count). The number of benzene rings is 1. The Hall–Kier alpha value is -4.07. The van der Waals surface area contributed by atoms with Crippen molar-refractivity contribution in [1.29, 1.82) is 0 Å². The first-order valence-corrected chi connectivity index (χ1v) is 8.75. The number of pyridine rings is 1. The zero-order valence-corrected chi connectivity index (χ0v) is 16.2. The largest absolute Gasteiger partial charge is 0.417 e. The number of nitrogens with one attached hydrogen (secondary N) is 3. The van der Waals surface area contributed by atoms with Crippen molar-refractivity contribution in [3.63, 3.8) is 0 Å². The van der Waals surface area contributed by atoms with Gasteiger partial charge in [0, 0.05) is 6.20 Å². The Morgan fingerprint density at radius 3 is 2.41 bits per heavy atom. The first-order valence-electron chi connectivity index (χ1n) is 8.38. The number of hydrazine groups is 1. The van der Waals surface area contributed by atoms with Gasteiger partial charge in [-0.25, -0.2) is 19.3 Å². The van der Waals surface area contributed by atoms with E-state index < -0.39 is 50.7 Å². The summed E-state index contributed by atoms with van der Waals surface area (Å²) < 4.78 is 52.0. The monoisotopic (exact) mass is 471 g/mol. The normalized spacial score (nSPS) is 11.0. The summed E-state index contributed by atoms with van der Waals surface area (Å²) in [6.45, 7) is 0. The molecule has 166 valence electrons. The summed E-state index contributed by atoms with van der Waals surface area (Å²) in [5, 5.41) is 13.4. The molecule has 0 bridgehead atoms. The number of alkyl halides is 3. The Morgan fingerprint density at radius 2 is 1.78 bits per heavy atom. The van der Waals surface area contributed by atoms with Crippen molar-refractivity contribution >= 4 is 40.6 Å². The molecule has 15 heteroatoms. The molecule has 2 aromatic heterocycles. The number of hydrogen-bond acceptors (Lipinski definition) is 8. The lowest BCUT2D eigenvalue weighted by molar-refractivity contribution is -0.383. The van der Waals surface area contributed by atoms with Crippen LogP contribution in [0.2, 0.25) is 5.02 Å². The van der Waals surface area contributed by atoms with E-state index in [4.69, 9.17) is 11.6 Å². The summed E-state index contributed by atoms with van der Waals surface area (Å²) in [6, 6.07) is 5.59. The van der Waals surface area contributed by atoms with Gasteiger partial charge in [-0.2, -0.15) is 13.2 Å². The lowest BCUT2D eigenvalue weighted by Gasteiger charge is -2.12. The van der Waals surface area contributed by atoms with Gasteiger partial charge in [0.1, 0.15) is 12.1 Å². The second kappa shape index (κ2) is 8.97. The second-order valence-electron chi connectivity index (χ2n) is 5.91. The predicted octanol–water partition coefficient (Wildman–Crippen LogP) is 4.09. The van der Waals surface area contributed by atoms with E-state index >= 15 is 0 Å². The molecule has 1 aromatic carbocycles.